The molecule has 1 aliphatic carbocycles. The number of hydrogen-bond donors (Lipinski definition) is 2. The highest BCUT2D eigenvalue weighted by atomic mass is 16.5. The lowest BCUT2D eigenvalue weighted by Crippen LogP contribution is -2.67. The number of ether oxygens (including phenoxy) is 1. The fourth-order valence-corrected chi connectivity index (χ4v) is 5.84. The van der Waals surface area contributed by atoms with Crippen LogP contribution in [0, 0.1) is 6.92 Å². The molecule has 2 N–H and O–H groups in total. The standard InChI is InChI=1S/C27H34N2O4/c1-4-14-29-15-13-26(22-6-5-7-24(30)17-22)18-23(10-12-27(26,19-29)32-3)28-25(31)9-8-21-11-16-33-20(21)2/h4-9,11,16-17,23,30H,1,10,12-15,18-19H2,2-3H3,(H,28,31)/b9-8+/t23-,26+,27+/m1/s1. The first-order valence-electron chi connectivity index (χ1n) is 11.6. The minimum Gasteiger partial charge on any atom is -0.508 e. The van der Waals surface area contributed by atoms with E-state index in [1.54, 1.807) is 31.6 Å². The van der Waals surface area contributed by atoms with E-state index in [1.807, 2.05) is 31.2 Å². The van der Waals surface area contributed by atoms with Crippen molar-refractivity contribution in [2.75, 3.05) is 26.7 Å². The number of piperidine rings is 1. The number of methoxy groups -OCH3 is 1. The normalized spacial score (nSPS) is 27.9. The van der Waals surface area contributed by atoms with E-state index in [0.29, 0.717) is 0 Å². The van der Waals surface area contributed by atoms with Crippen LogP contribution in [0.4, 0.5) is 0 Å². The van der Waals surface area contributed by atoms with Crippen molar-refractivity contribution in [1.29, 1.82) is 0 Å². The molecule has 0 unspecified atom stereocenters. The third kappa shape index (κ3) is 4.50. The van der Waals surface area contributed by atoms with Crippen molar-refractivity contribution in [3.05, 3.63) is 72.2 Å². The highest BCUT2D eigenvalue weighted by Gasteiger charge is 2.58. The minimum atomic E-state index is -0.396. The second-order valence-electron chi connectivity index (χ2n) is 9.32. The van der Waals surface area contributed by atoms with Crippen molar-refractivity contribution in [3.8, 4) is 5.75 Å². The summed E-state index contributed by atoms with van der Waals surface area (Å²) < 4.78 is 11.6. The molecule has 0 spiro atoms. The summed E-state index contributed by atoms with van der Waals surface area (Å²) in [6.07, 6.45) is 10.2. The van der Waals surface area contributed by atoms with Crippen LogP contribution >= 0.6 is 0 Å². The van der Waals surface area contributed by atoms with Crippen molar-refractivity contribution < 1.29 is 19.1 Å². The zero-order chi connectivity index (χ0) is 23.5. The number of nitrogens with zero attached hydrogens (tertiary/aromatic N) is 1. The Bertz CT molecular complexity index is 1030. The van der Waals surface area contributed by atoms with E-state index < -0.39 is 5.60 Å². The van der Waals surface area contributed by atoms with Gasteiger partial charge in [-0.25, -0.2) is 0 Å². The van der Waals surface area contributed by atoms with Gasteiger partial charge in [0.15, 0.2) is 0 Å². The van der Waals surface area contributed by atoms with Crippen LogP contribution in [0.2, 0.25) is 0 Å². The van der Waals surface area contributed by atoms with Gasteiger partial charge in [0, 0.05) is 43.3 Å². The summed E-state index contributed by atoms with van der Waals surface area (Å²) >= 11 is 0. The first kappa shape index (κ1) is 23.3. The Labute approximate surface area is 195 Å². The number of aromatic hydroxyl groups is 1. The topological polar surface area (TPSA) is 74.9 Å². The van der Waals surface area contributed by atoms with Crippen LogP contribution in [0.25, 0.3) is 6.08 Å². The van der Waals surface area contributed by atoms with Gasteiger partial charge in [0.05, 0.1) is 11.9 Å². The molecule has 1 amide bonds. The van der Waals surface area contributed by atoms with Crippen LogP contribution in [0.5, 0.6) is 5.75 Å². The van der Waals surface area contributed by atoms with Gasteiger partial charge in [-0.05, 0) is 69.0 Å². The van der Waals surface area contributed by atoms with Crippen LogP contribution in [0.1, 0.15) is 42.6 Å². The first-order chi connectivity index (χ1) is 15.9. The average molecular weight is 451 g/mol. The van der Waals surface area contributed by atoms with Crippen molar-refractivity contribution >= 4 is 12.0 Å². The van der Waals surface area contributed by atoms with E-state index in [0.717, 1.165) is 62.2 Å². The SMILES string of the molecule is C=CCN1CC[C@@]2(c3cccc(O)c3)C[C@H](NC(=O)/C=C/c3ccoc3C)CC[C@]2(OC)C1. The second-order valence-corrected chi connectivity index (χ2v) is 9.32. The number of benzene rings is 1. The predicted molar refractivity (Wildman–Crippen MR) is 129 cm³/mol. The third-order valence-electron chi connectivity index (χ3n) is 7.53. The maximum Gasteiger partial charge on any atom is 0.244 e. The molecule has 1 aromatic heterocycles. The summed E-state index contributed by atoms with van der Waals surface area (Å²) in [6, 6.07) is 9.41. The molecule has 1 saturated heterocycles. The van der Waals surface area contributed by atoms with Crippen LogP contribution < -0.4 is 5.32 Å². The van der Waals surface area contributed by atoms with Crippen LogP contribution in [0.15, 0.2) is 59.7 Å². The molecule has 176 valence electrons. The second kappa shape index (κ2) is 9.57. The number of carbonyl (C=O) groups is 1. The van der Waals surface area contributed by atoms with E-state index >= 15 is 0 Å². The Morgan fingerprint density at radius 2 is 2.24 bits per heavy atom. The molecule has 2 heterocycles. The number of hydrogen-bond acceptors (Lipinski definition) is 5. The molecule has 2 aromatic rings. The van der Waals surface area contributed by atoms with Gasteiger partial charge in [0.1, 0.15) is 11.5 Å². The molecular formula is C27H34N2O4. The average Bonchev–Trinajstić information content (AvgIpc) is 3.22. The summed E-state index contributed by atoms with van der Waals surface area (Å²) in [6.45, 7) is 8.31. The molecule has 2 aliphatic rings. The van der Waals surface area contributed by atoms with E-state index in [4.69, 9.17) is 9.15 Å². The van der Waals surface area contributed by atoms with Gasteiger partial charge in [0.2, 0.25) is 5.91 Å². The number of aryl methyl sites for hydroxylation is 1. The summed E-state index contributed by atoms with van der Waals surface area (Å²) in [7, 11) is 1.80. The Balaban J connectivity index is 1.60. The molecule has 6 heteroatoms. The van der Waals surface area contributed by atoms with Crippen LogP contribution in [-0.4, -0.2) is 54.3 Å². The Kier molecular flexibility index (Phi) is 6.77. The molecular weight excluding hydrogens is 416 g/mol. The fraction of sp³-hybridized carbons (Fsp3) is 0.444. The molecule has 1 saturated carbocycles. The fourth-order valence-electron chi connectivity index (χ4n) is 5.84. The lowest BCUT2D eigenvalue weighted by Gasteiger charge is -2.59. The molecule has 6 nitrogen and oxygen atoms in total. The number of phenols is 1. The van der Waals surface area contributed by atoms with Gasteiger partial charge in [0.25, 0.3) is 0 Å². The largest absolute Gasteiger partial charge is 0.508 e. The van der Waals surface area contributed by atoms with Gasteiger partial charge in [-0.1, -0.05) is 18.2 Å². The van der Waals surface area contributed by atoms with Crippen molar-refractivity contribution in [2.45, 2.75) is 49.7 Å². The molecule has 1 aliphatic heterocycles. The molecule has 0 bridgehead atoms. The molecule has 4 rings (SSSR count). The molecule has 2 fully saturated rings. The lowest BCUT2D eigenvalue weighted by molar-refractivity contribution is -0.148. The number of nitrogens with one attached hydrogen (secondary N) is 1. The van der Waals surface area contributed by atoms with Gasteiger partial charge in [-0.2, -0.15) is 0 Å². The number of fused-ring (bicyclic) bond motifs is 1. The summed E-state index contributed by atoms with van der Waals surface area (Å²) in [5.74, 6) is 0.932. The van der Waals surface area contributed by atoms with E-state index in [9.17, 15) is 9.90 Å². The van der Waals surface area contributed by atoms with Crippen molar-refractivity contribution in [3.63, 3.8) is 0 Å². The lowest BCUT2D eigenvalue weighted by atomic mass is 9.55. The molecule has 1 aromatic carbocycles. The maximum absolute atomic E-state index is 12.7. The smallest absolute Gasteiger partial charge is 0.244 e. The first-order valence-corrected chi connectivity index (χ1v) is 11.6. The number of likely N-dealkylation sites (tertiary alicyclic amines) is 1. The summed E-state index contributed by atoms with van der Waals surface area (Å²) in [5, 5.41) is 13.5. The number of amides is 1. The van der Waals surface area contributed by atoms with Gasteiger partial charge >= 0.3 is 0 Å². The Hall–Kier alpha value is -2.83. The summed E-state index contributed by atoms with van der Waals surface area (Å²) in [4.78, 5) is 15.1. The van der Waals surface area contributed by atoms with Gasteiger partial charge in [-0.15, -0.1) is 6.58 Å². The van der Waals surface area contributed by atoms with Gasteiger partial charge < -0.3 is 19.6 Å². The molecule has 33 heavy (non-hydrogen) atoms. The van der Waals surface area contributed by atoms with Crippen molar-refractivity contribution in [1.82, 2.24) is 10.2 Å². The number of phenolic OH excluding ortho intramolecular Hbond substituents is 1. The van der Waals surface area contributed by atoms with Crippen molar-refractivity contribution in [2.24, 2.45) is 0 Å². The monoisotopic (exact) mass is 450 g/mol. The van der Waals surface area contributed by atoms with Gasteiger partial charge in [-0.3, -0.25) is 9.69 Å². The zero-order valence-corrected chi connectivity index (χ0v) is 19.5. The maximum atomic E-state index is 12.7. The van der Waals surface area contributed by atoms with Crippen LogP contribution in [0.3, 0.4) is 0 Å². The Morgan fingerprint density at radius 1 is 1.39 bits per heavy atom. The number of rotatable bonds is 7. The highest BCUT2D eigenvalue weighted by Crippen LogP contribution is 2.53. The quantitative estimate of drug-likeness (QED) is 0.489. The third-order valence-corrected chi connectivity index (χ3v) is 7.53. The summed E-state index contributed by atoms with van der Waals surface area (Å²) in [5.41, 5.74) is 1.27. The minimum absolute atomic E-state index is 0.0178. The Morgan fingerprint density at radius 3 is 2.94 bits per heavy atom. The van der Waals surface area contributed by atoms with E-state index in [1.165, 1.54) is 0 Å². The molecule has 0 radical (unpaired) electrons. The molecule has 3 atom stereocenters. The highest BCUT2D eigenvalue weighted by molar-refractivity contribution is 5.92. The number of carbonyl (C=O) groups excluding carboxylic acids is 1. The van der Waals surface area contributed by atoms with E-state index in [-0.39, 0.29) is 23.1 Å². The zero-order valence-electron chi connectivity index (χ0n) is 19.5. The predicted octanol–water partition coefficient (Wildman–Crippen LogP) is 4.19. The number of furan rings is 1. The van der Waals surface area contributed by atoms with E-state index in [2.05, 4.69) is 22.9 Å². The van der Waals surface area contributed by atoms with Crippen LogP contribution in [-0.2, 0) is 14.9 Å².